The topological polar surface area (TPSA) is 49.4 Å². The second-order valence-corrected chi connectivity index (χ2v) is 7.78. The van der Waals surface area contributed by atoms with Gasteiger partial charge in [0.2, 0.25) is 0 Å². The van der Waals surface area contributed by atoms with Gasteiger partial charge in [-0.25, -0.2) is 4.79 Å². The Morgan fingerprint density at radius 1 is 1.30 bits per heavy atom. The second kappa shape index (κ2) is 5.32. The van der Waals surface area contributed by atoms with Gasteiger partial charge in [-0.3, -0.25) is 9.69 Å². The third-order valence-corrected chi connectivity index (χ3v) is 6.45. The van der Waals surface area contributed by atoms with Gasteiger partial charge in [0.15, 0.2) is 0 Å². The molecule has 2 fully saturated rings. The van der Waals surface area contributed by atoms with E-state index in [1.165, 1.54) is 4.90 Å². The highest BCUT2D eigenvalue weighted by Crippen LogP contribution is 2.42. The number of imide groups is 1. The Bertz CT molecular complexity index is 412. The van der Waals surface area contributed by atoms with Gasteiger partial charge in [0.05, 0.1) is 0 Å². The average molecular weight is 345 g/mol. The van der Waals surface area contributed by atoms with Gasteiger partial charge in [0.1, 0.15) is 5.54 Å². The molecule has 2 atom stereocenters. The maximum atomic E-state index is 12.9. The van der Waals surface area contributed by atoms with Crippen molar-refractivity contribution in [2.75, 3.05) is 11.9 Å². The van der Waals surface area contributed by atoms with E-state index in [0.29, 0.717) is 6.54 Å². The minimum absolute atomic E-state index is 0.0174. The maximum Gasteiger partial charge on any atom is 0.325 e. The molecular formula is C15H25BrN2O2. The lowest BCUT2D eigenvalue weighted by atomic mass is 9.67. The fourth-order valence-electron chi connectivity index (χ4n) is 3.57. The van der Waals surface area contributed by atoms with Crippen molar-refractivity contribution >= 4 is 27.9 Å². The fourth-order valence-corrected chi connectivity index (χ4v) is 3.74. The number of carbonyl (C=O) groups is 2. The lowest BCUT2D eigenvalue weighted by Gasteiger charge is -2.42. The molecule has 1 heterocycles. The van der Waals surface area contributed by atoms with Gasteiger partial charge in [-0.05, 0) is 30.1 Å². The lowest BCUT2D eigenvalue weighted by Crippen LogP contribution is -2.59. The van der Waals surface area contributed by atoms with E-state index < -0.39 is 5.54 Å². The molecule has 0 aromatic heterocycles. The average Bonchev–Trinajstić information content (AvgIpc) is 2.62. The number of rotatable bonds is 3. The Morgan fingerprint density at radius 3 is 2.35 bits per heavy atom. The van der Waals surface area contributed by atoms with Crippen molar-refractivity contribution in [3.63, 3.8) is 0 Å². The van der Waals surface area contributed by atoms with Gasteiger partial charge in [0, 0.05) is 11.9 Å². The summed E-state index contributed by atoms with van der Waals surface area (Å²) in [5.41, 5.74) is -0.780. The largest absolute Gasteiger partial charge is 0.325 e. The molecule has 1 spiro atoms. The zero-order chi connectivity index (χ0) is 15.1. The van der Waals surface area contributed by atoms with Crippen LogP contribution in [0, 0.1) is 17.3 Å². The zero-order valence-electron chi connectivity index (χ0n) is 12.8. The molecular weight excluding hydrogens is 320 g/mol. The van der Waals surface area contributed by atoms with Crippen LogP contribution in [0.3, 0.4) is 0 Å². The number of nitrogens with zero attached hydrogens (tertiary/aromatic N) is 1. The number of urea groups is 1. The predicted molar refractivity (Wildman–Crippen MR) is 82.7 cm³/mol. The van der Waals surface area contributed by atoms with Gasteiger partial charge < -0.3 is 5.32 Å². The van der Waals surface area contributed by atoms with Crippen molar-refractivity contribution in [1.82, 2.24) is 10.2 Å². The van der Waals surface area contributed by atoms with Crippen molar-refractivity contribution in [1.29, 1.82) is 0 Å². The number of nitrogens with one attached hydrogen (secondary N) is 1. The van der Waals surface area contributed by atoms with Crippen LogP contribution in [0.1, 0.15) is 47.0 Å². The van der Waals surface area contributed by atoms with E-state index in [9.17, 15) is 9.59 Å². The molecule has 1 aliphatic carbocycles. The second-order valence-electron chi connectivity index (χ2n) is 7.22. The number of carbonyl (C=O) groups excluding carboxylic acids is 2. The summed E-state index contributed by atoms with van der Waals surface area (Å²) in [5, 5.41) is 3.80. The molecule has 1 saturated carbocycles. The predicted octanol–water partition coefficient (Wildman–Crippen LogP) is 3.15. The van der Waals surface area contributed by atoms with E-state index in [1.54, 1.807) is 0 Å². The minimum atomic E-state index is -0.669. The third-order valence-electron chi connectivity index (χ3n) is 4.93. The Kier molecular flexibility index (Phi) is 4.20. The molecule has 2 rings (SSSR count). The van der Waals surface area contributed by atoms with Crippen LogP contribution in [0.4, 0.5) is 4.79 Å². The van der Waals surface area contributed by atoms with E-state index in [0.717, 1.165) is 24.6 Å². The molecule has 2 aliphatic rings. The Morgan fingerprint density at radius 2 is 1.85 bits per heavy atom. The highest BCUT2D eigenvalue weighted by Gasteiger charge is 2.58. The van der Waals surface area contributed by atoms with Gasteiger partial charge in [-0.15, -0.1) is 0 Å². The monoisotopic (exact) mass is 344 g/mol. The highest BCUT2D eigenvalue weighted by atomic mass is 79.9. The zero-order valence-corrected chi connectivity index (χ0v) is 14.4. The molecule has 1 saturated heterocycles. The lowest BCUT2D eigenvalue weighted by molar-refractivity contribution is -0.137. The molecule has 114 valence electrons. The van der Waals surface area contributed by atoms with Crippen LogP contribution in [0.2, 0.25) is 0 Å². The molecule has 20 heavy (non-hydrogen) atoms. The van der Waals surface area contributed by atoms with Gasteiger partial charge in [0.25, 0.3) is 5.91 Å². The van der Waals surface area contributed by atoms with Crippen molar-refractivity contribution in [2.45, 2.75) is 52.5 Å². The molecule has 2 unspecified atom stereocenters. The number of hydrogen-bond donors (Lipinski definition) is 1. The summed E-state index contributed by atoms with van der Waals surface area (Å²) >= 11 is 3.46. The van der Waals surface area contributed by atoms with Crippen LogP contribution in [-0.4, -0.2) is 34.3 Å². The van der Waals surface area contributed by atoms with Crippen molar-refractivity contribution < 1.29 is 9.59 Å². The normalized spacial score (nSPS) is 34.8. The third kappa shape index (κ3) is 2.38. The molecule has 0 bridgehead atoms. The van der Waals surface area contributed by atoms with Gasteiger partial charge >= 0.3 is 6.03 Å². The summed E-state index contributed by atoms with van der Waals surface area (Å²) < 4.78 is 0. The fraction of sp³-hybridized carbons (Fsp3) is 0.867. The molecule has 5 heteroatoms. The molecule has 4 nitrogen and oxygen atoms in total. The van der Waals surface area contributed by atoms with Crippen molar-refractivity contribution in [3.8, 4) is 0 Å². The minimum Gasteiger partial charge on any atom is -0.323 e. The summed E-state index contributed by atoms with van der Waals surface area (Å²) in [6, 6.07) is -0.218. The molecule has 0 aromatic rings. The van der Waals surface area contributed by atoms with E-state index in [2.05, 4.69) is 48.9 Å². The highest BCUT2D eigenvalue weighted by molar-refractivity contribution is 9.09. The number of alkyl halides is 1. The quantitative estimate of drug-likeness (QED) is 0.631. The Balaban J connectivity index is 2.28. The molecule has 1 aliphatic heterocycles. The van der Waals surface area contributed by atoms with Crippen LogP contribution in [-0.2, 0) is 4.79 Å². The standard InChI is InChI=1S/C15H25BrN2O2/c1-10-6-5-7-11(2)15(10)12(19)18(13(20)17-15)9-14(3,4)8-16/h10-11H,5-9H2,1-4H3,(H,17,20). The molecule has 3 amide bonds. The smallest absolute Gasteiger partial charge is 0.323 e. The van der Waals surface area contributed by atoms with Crippen molar-refractivity contribution in [3.05, 3.63) is 0 Å². The number of amides is 3. The van der Waals surface area contributed by atoms with Crippen LogP contribution < -0.4 is 5.32 Å². The Hall–Kier alpha value is -0.580. The Labute approximate surface area is 129 Å². The summed E-state index contributed by atoms with van der Waals surface area (Å²) in [4.78, 5) is 26.7. The summed E-state index contributed by atoms with van der Waals surface area (Å²) in [7, 11) is 0. The molecule has 1 N–H and O–H groups in total. The summed E-state index contributed by atoms with van der Waals surface area (Å²) in [6.45, 7) is 8.76. The maximum absolute atomic E-state index is 12.9. The van der Waals surface area contributed by atoms with Gasteiger partial charge in [-0.2, -0.15) is 0 Å². The first-order valence-electron chi connectivity index (χ1n) is 7.44. The van der Waals surface area contributed by atoms with Crippen LogP contribution in [0.5, 0.6) is 0 Å². The van der Waals surface area contributed by atoms with E-state index in [-0.39, 0.29) is 29.2 Å². The molecule has 0 radical (unpaired) electrons. The molecule has 0 aromatic carbocycles. The van der Waals surface area contributed by atoms with Crippen molar-refractivity contribution in [2.24, 2.45) is 17.3 Å². The van der Waals surface area contributed by atoms with E-state index in [4.69, 9.17) is 0 Å². The van der Waals surface area contributed by atoms with Gasteiger partial charge in [-0.1, -0.05) is 50.0 Å². The van der Waals surface area contributed by atoms with E-state index in [1.807, 2.05) is 0 Å². The van der Waals surface area contributed by atoms with Crippen LogP contribution in [0.15, 0.2) is 0 Å². The van der Waals surface area contributed by atoms with Crippen LogP contribution >= 0.6 is 15.9 Å². The first kappa shape index (κ1) is 15.8. The summed E-state index contributed by atoms with van der Waals surface area (Å²) in [6.07, 6.45) is 3.15. The first-order valence-corrected chi connectivity index (χ1v) is 8.57. The number of halogens is 1. The first-order chi connectivity index (χ1) is 9.24. The summed E-state index contributed by atoms with van der Waals surface area (Å²) in [5.74, 6) is 0.399. The number of hydrogen-bond acceptors (Lipinski definition) is 2. The van der Waals surface area contributed by atoms with E-state index >= 15 is 0 Å². The van der Waals surface area contributed by atoms with Crippen LogP contribution in [0.25, 0.3) is 0 Å². The SMILES string of the molecule is CC1CCCC(C)C12NC(=O)N(CC(C)(C)CBr)C2=O.